The highest BCUT2D eigenvalue weighted by atomic mass is 127. The van der Waals surface area contributed by atoms with E-state index >= 15 is 0 Å². The van der Waals surface area contributed by atoms with Crippen molar-refractivity contribution >= 4 is 57.6 Å². The molecule has 0 heterocycles. The molecular formula is C14H21BrIN3S. The van der Waals surface area contributed by atoms with Gasteiger partial charge < -0.3 is 10.6 Å². The molecular weight excluding hydrogens is 449 g/mol. The van der Waals surface area contributed by atoms with Crippen molar-refractivity contribution in [3.05, 3.63) is 28.7 Å². The Morgan fingerprint density at radius 2 is 2.05 bits per heavy atom. The van der Waals surface area contributed by atoms with Crippen molar-refractivity contribution < 1.29 is 0 Å². The summed E-state index contributed by atoms with van der Waals surface area (Å²) >= 11 is 5.27. The Bertz CT molecular complexity index is 448. The number of thioether (sulfide) groups is 1. The Hall–Kier alpha value is 0.0500. The lowest BCUT2D eigenvalue weighted by molar-refractivity contribution is 0.487. The Morgan fingerprint density at radius 3 is 2.60 bits per heavy atom. The molecule has 6 heteroatoms. The molecule has 0 bridgehead atoms. The molecule has 1 aliphatic carbocycles. The first-order valence-corrected chi connectivity index (χ1v) is 8.18. The van der Waals surface area contributed by atoms with Crippen molar-refractivity contribution in [1.82, 2.24) is 4.90 Å². The van der Waals surface area contributed by atoms with Crippen molar-refractivity contribution in [2.24, 2.45) is 10.7 Å². The van der Waals surface area contributed by atoms with Crippen LogP contribution in [0.2, 0.25) is 0 Å². The maximum Gasteiger partial charge on any atom is 0.191 e. The summed E-state index contributed by atoms with van der Waals surface area (Å²) in [5.74, 6) is 0.672. The van der Waals surface area contributed by atoms with Crippen LogP contribution >= 0.6 is 51.7 Å². The van der Waals surface area contributed by atoms with E-state index in [4.69, 9.17) is 5.73 Å². The first-order chi connectivity index (χ1) is 9.06. The van der Waals surface area contributed by atoms with Gasteiger partial charge in [0.15, 0.2) is 5.96 Å². The number of aliphatic imine (C=N–C) groups is 1. The van der Waals surface area contributed by atoms with Gasteiger partial charge in [-0.3, -0.25) is 4.99 Å². The van der Waals surface area contributed by atoms with E-state index in [1.165, 1.54) is 17.7 Å². The lowest BCUT2D eigenvalue weighted by Gasteiger charge is -2.17. The average molecular weight is 470 g/mol. The molecule has 0 aromatic heterocycles. The van der Waals surface area contributed by atoms with Crippen LogP contribution in [0.15, 0.2) is 38.6 Å². The summed E-state index contributed by atoms with van der Waals surface area (Å²) in [5.41, 5.74) is 5.98. The molecule has 1 unspecified atom stereocenters. The summed E-state index contributed by atoms with van der Waals surface area (Å²) in [4.78, 5) is 7.85. The van der Waals surface area contributed by atoms with Crippen LogP contribution in [0.4, 0.5) is 0 Å². The standard InChI is InChI=1S/C14H20BrN3S.HI/c1-10(19-13-7-3-11(15)4-8-13)9-17-14(16)18(2)12-5-6-12;/h3-4,7-8,10,12H,5-6,9H2,1-2H3,(H2,16,17);1H. The largest absolute Gasteiger partial charge is 0.370 e. The van der Waals surface area contributed by atoms with E-state index in [0.717, 1.165) is 11.0 Å². The molecule has 2 N–H and O–H groups in total. The summed E-state index contributed by atoms with van der Waals surface area (Å²) < 4.78 is 1.11. The predicted octanol–water partition coefficient (Wildman–Crippen LogP) is 3.96. The van der Waals surface area contributed by atoms with Gasteiger partial charge in [0.2, 0.25) is 0 Å². The fraction of sp³-hybridized carbons (Fsp3) is 0.500. The summed E-state index contributed by atoms with van der Waals surface area (Å²) in [6, 6.07) is 8.99. The van der Waals surface area contributed by atoms with Crippen molar-refractivity contribution in [1.29, 1.82) is 0 Å². The molecule has 1 aliphatic rings. The van der Waals surface area contributed by atoms with Gasteiger partial charge >= 0.3 is 0 Å². The number of hydrogen-bond donors (Lipinski definition) is 1. The average Bonchev–Trinajstić information content (AvgIpc) is 3.22. The highest BCUT2D eigenvalue weighted by molar-refractivity contribution is 14.0. The van der Waals surface area contributed by atoms with Gasteiger partial charge in [0, 0.05) is 27.7 Å². The minimum absolute atomic E-state index is 0. The molecule has 0 spiro atoms. The number of rotatable bonds is 5. The maximum atomic E-state index is 5.98. The number of nitrogens with zero attached hydrogens (tertiary/aromatic N) is 2. The first kappa shape index (κ1) is 18.1. The summed E-state index contributed by atoms with van der Waals surface area (Å²) in [6.45, 7) is 2.93. The fourth-order valence-corrected chi connectivity index (χ4v) is 2.94. The third-order valence-electron chi connectivity index (χ3n) is 3.12. The monoisotopic (exact) mass is 469 g/mol. The second kappa shape index (κ2) is 8.48. The van der Waals surface area contributed by atoms with Gasteiger partial charge in [0.05, 0.1) is 6.54 Å². The van der Waals surface area contributed by atoms with E-state index in [1.807, 2.05) is 18.8 Å². The molecule has 1 aromatic carbocycles. The topological polar surface area (TPSA) is 41.6 Å². The first-order valence-electron chi connectivity index (χ1n) is 6.51. The van der Waals surface area contributed by atoms with E-state index in [9.17, 15) is 0 Å². The summed E-state index contributed by atoms with van der Waals surface area (Å²) in [7, 11) is 2.03. The third-order valence-corrected chi connectivity index (χ3v) is 4.74. The predicted molar refractivity (Wildman–Crippen MR) is 102 cm³/mol. The quantitative estimate of drug-likeness (QED) is 0.307. The van der Waals surface area contributed by atoms with E-state index in [1.54, 1.807) is 0 Å². The number of benzene rings is 1. The second-order valence-corrected chi connectivity index (χ2v) is 7.35. The van der Waals surface area contributed by atoms with E-state index < -0.39 is 0 Å². The summed E-state index contributed by atoms with van der Waals surface area (Å²) in [5, 5.41) is 0.423. The third kappa shape index (κ3) is 5.81. The second-order valence-electron chi connectivity index (χ2n) is 4.92. The molecule has 0 amide bonds. The minimum atomic E-state index is 0. The SMILES string of the molecule is CC(CN=C(N)N(C)C1CC1)Sc1ccc(Br)cc1.I. The molecule has 0 radical (unpaired) electrons. The molecule has 1 aromatic rings. The number of nitrogens with two attached hydrogens (primary N) is 1. The van der Waals surface area contributed by atoms with Crippen molar-refractivity contribution in [2.45, 2.75) is 36.0 Å². The molecule has 2 rings (SSSR count). The van der Waals surface area contributed by atoms with E-state index in [0.29, 0.717) is 17.3 Å². The van der Waals surface area contributed by atoms with Crippen molar-refractivity contribution in [2.75, 3.05) is 13.6 Å². The number of hydrogen-bond acceptors (Lipinski definition) is 2. The summed E-state index contributed by atoms with van der Waals surface area (Å²) in [6.07, 6.45) is 2.49. The zero-order valence-corrected chi connectivity index (χ0v) is 16.5. The number of halogens is 2. The molecule has 0 saturated heterocycles. The lowest BCUT2D eigenvalue weighted by atomic mass is 10.4. The Kier molecular flexibility index (Phi) is 7.68. The zero-order valence-electron chi connectivity index (χ0n) is 11.8. The molecule has 112 valence electrons. The fourth-order valence-electron chi connectivity index (χ4n) is 1.77. The lowest BCUT2D eigenvalue weighted by Crippen LogP contribution is -2.36. The van der Waals surface area contributed by atoms with Crippen LogP contribution in [0, 0.1) is 0 Å². The van der Waals surface area contributed by atoms with Gasteiger partial charge in [-0.25, -0.2) is 0 Å². The van der Waals surface area contributed by atoms with Gasteiger partial charge in [-0.15, -0.1) is 35.7 Å². The molecule has 1 saturated carbocycles. The van der Waals surface area contributed by atoms with Gasteiger partial charge in [-0.2, -0.15) is 0 Å². The van der Waals surface area contributed by atoms with Gasteiger partial charge in [0.1, 0.15) is 0 Å². The van der Waals surface area contributed by atoms with Crippen LogP contribution in [0.5, 0.6) is 0 Å². The van der Waals surface area contributed by atoms with Gasteiger partial charge in [0.25, 0.3) is 0 Å². The Labute approximate surface area is 150 Å². The zero-order chi connectivity index (χ0) is 13.8. The Balaban J connectivity index is 0.00000200. The van der Waals surface area contributed by atoms with Crippen LogP contribution in [-0.4, -0.2) is 35.7 Å². The van der Waals surface area contributed by atoms with Crippen molar-refractivity contribution in [3.63, 3.8) is 0 Å². The number of guanidine groups is 1. The smallest absolute Gasteiger partial charge is 0.191 e. The normalized spacial score (nSPS) is 16.4. The van der Waals surface area contributed by atoms with Gasteiger partial charge in [-0.1, -0.05) is 22.9 Å². The minimum Gasteiger partial charge on any atom is -0.370 e. The van der Waals surface area contributed by atoms with Gasteiger partial charge in [-0.05, 0) is 37.1 Å². The molecule has 1 fully saturated rings. The van der Waals surface area contributed by atoms with Crippen LogP contribution in [0.25, 0.3) is 0 Å². The molecule has 1 atom stereocenters. The molecule has 3 nitrogen and oxygen atoms in total. The Morgan fingerprint density at radius 1 is 1.45 bits per heavy atom. The van der Waals surface area contributed by atoms with E-state index in [-0.39, 0.29) is 24.0 Å². The highest BCUT2D eigenvalue weighted by Crippen LogP contribution is 2.26. The van der Waals surface area contributed by atoms with Crippen LogP contribution in [-0.2, 0) is 0 Å². The van der Waals surface area contributed by atoms with Crippen LogP contribution in [0.3, 0.4) is 0 Å². The van der Waals surface area contributed by atoms with Crippen LogP contribution < -0.4 is 5.73 Å². The highest BCUT2D eigenvalue weighted by Gasteiger charge is 2.27. The van der Waals surface area contributed by atoms with E-state index in [2.05, 4.69) is 57.0 Å². The van der Waals surface area contributed by atoms with Crippen LogP contribution in [0.1, 0.15) is 19.8 Å². The molecule has 20 heavy (non-hydrogen) atoms. The van der Waals surface area contributed by atoms with Crippen molar-refractivity contribution in [3.8, 4) is 0 Å². The molecule has 0 aliphatic heterocycles. The maximum absolute atomic E-state index is 5.98.